The Morgan fingerprint density at radius 1 is 0.462 bits per heavy atom. The first kappa shape index (κ1) is 20.4. The molecule has 0 atom stereocenters. The number of rotatable bonds is 11. The fourth-order valence-corrected chi connectivity index (χ4v) is 3.55. The molecule has 0 aromatic heterocycles. The summed E-state index contributed by atoms with van der Waals surface area (Å²) in [5.41, 5.74) is 5.27. The van der Waals surface area contributed by atoms with E-state index in [1.807, 2.05) is 0 Å². The molecule has 0 unspecified atom stereocenters. The molecular weight excluding hydrogens is 316 g/mol. The van der Waals surface area contributed by atoms with Crippen molar-refractivity contribution in [3.63, 3.8) is 0 Å². The van der Waals surface area contributed by atoms with Crippen LogP contribution in [0.15, 0.2) is 48.5 Å². The van der Waals surface area contributed by atoms with Gasteiger partial charge in [0.2, 0.25) is 0 Å². The van der Waals surface area contributed by atoms with Crippen molar-refractivity contribution in [1.82, 2.24) is 0 Å². The first-order chi connectivity index (χ1) is 12.7. The minimum Gasteiger partial charge on any atom is -0.372 e. The van der Waals surface area contributed by atoms with Gasteiger partial charge in [0.1, 0.15) is 0 Å². The van der Waals surface area contributed by atoms with Crippen LogP contribution in [0.1, 0.15) is 53.4 Å². The van der Waals surface area contributed by atoms with Gasteiger partial charge in [0.25, 0.3) is 0 Å². The molecule has 0 N–H and O–H groups in total. The maximum absolute atomic E-state index is 2.49. The number of anilines is 2. The Morgan fingerprint density at radius 2 is 0.731 bits per heavy atom. The second-order valence-corrected chi connectivity index (χ2v) is 7.07. The molecule has 142 valence electrons. The standard InChI is InChI=1S/C24H36N2/c1-5-17-25(18-6-2)23-13-9-21(10-14-23)22-11-15-24(16-12-22)26(19-7-3)20-8-4/h9-16H,5-8,17-20H2,1-4H3. The minimum atomic E-state index is 1.13. The zero-order chi connectivity index (χ0) is 18.8. The molecule has 0 aliphatic carbocycles. The van der Waals surface area contributed by atoms with Crippen molar-refractivity contribution < 1.29 is 0 Å². The Morgan fingerprint density at radius 3 is 0.962 bits per heavy atom. The molecule has 0 bridgehead atoms. The lowest BCUT2D eigenvalue weighted by Gasteiger charge is -2.24. The van der Waals surface area contributed by atoms with Crippen LogP contribution in [0.2, 0.25) is 0 Å². The molecule has 0 spiro atoms. The molecular formula is C24H36N2. The summed E-state index contributed by atoms with van der Waals surface area (Å²) in [6.45, 7) is 13.5. The van der Waals surface area contributed by atoms with Crippen LogP contribution in [0.25, 0.3) is 11.1 Å². The van der Waals surface area contributed by atoms with E-state index in [0.717, 1.165) is 26.2 Å². The van der Waals surface area contributed by atoms with E-state index in [1.165, 1.54) is 48.2 Å². The van der Waals surface area contributed by atoms with Crippen LogP contribution < -0.4 is 9.80 Å². The summed E-state index contributed by atoms with van der Waals surface area (Å²) in [5.74, 6) is 0. The van der Waals surface area contributed by atoms with Crippen molar-refractivity contribution in [3.05, 3.63) is 48.5 Å². The Balaban J connectivity index is 2.13. The third-order valence-corrected chi connectivity index (χ3v) is 4.77. The second kappa shape index (κ2) is 10.9. The topological polar surface area (TPSA) is 6.48 Å². The van der Waals surface area contributed by atoms with Crippen molar-refractivity contribution >= 4 is 11.4 Å². The van der Waals surface area contributed by atoms with E-state index in [-0.39, 0.29) is 0 Å². The van der Waals surface area contributed by atoms with E-state index < -0.39 is 0 Å². The molecule has 2 rings (SSSR count). The second-order valence-electron chi connectivity index (χ2n) is 7.07. The highest BCUT2D eigenvalue weighted by Crippen LogP contribution is 2.26. The quantitative estimate of drug-likeness (QED) is 0.449. The third-order valence-electron chi connectivity index (χ3n) is 4.77. The van der Waals surface area contributed by atoms with Crippen LogP contribution in [-0.4, -0.2) is 26.2 Å². The molecule has 0 radical (unpaired) electrons. The summed E-state index contributed by atoms with van der Waals surface area (Å²) in [4.78, 5) is 4.97. The number of hydrogen-bond donors (Lipinski definition) is 0. The molecule has 0 aliphatic rings. The number of nitrogens with zero attached hydrogens (tertiary/aromatic N) is 2. The van der Waals surface area contributed by atoms with Gasteiger partial charge in [-0.1, -0.05) is 52.0 Å². The van der Waals surface area contributed by atoms with Crippen LogP contribution in [0.4, 0.5) is 11.4 Å². The minimum absolute atomic E-state index is 1.13. The highest BCUT2D eigenvalue weighted by Gasteiger charge is 2.07. The molecule has 26 heavy (non-hydrogen) atoms. The lowest BCUT2D eigenvalue weighted by molar-refractivity contribution is 0.745. The van der Waals surface area contributed by atoms with Gasteiger partial charge in [-0.15, -0.1) is 0 Å². The summed E-state index contributed by atoms with van der Waals surface area (Å²) in [7, 11) is 0. The van der Waals surface area contributed by atoms with Gasteiger partial charge in [-0.05, 0) is 61.1 Å². The van der Waals surface area contributed by atoms with Gasteiger partial charge in [0.05, 0.1) is 0 Å². The van der Waals surface area contributed by atoms with Gasteiger partial charge < -0.3 is 9.80 Å². The van der Waals surface area contributed by atoms with Gasteiger partial charge in [-0.2, -0.15) is 0 Å². The third kappa shape index (κ3) is 5.52. The molecule has 2 aromatic rings. The average molecular weight is 353 g/mol. The molecule has 0 fully saturated rings. The Labute approximate surface area is 160 Å². The normalized spacial score (nSPS) is 10.8. The van der Waals surface area contributed by atoms with Crippen LogP contribution in [-0.2, 0) is 0 Å². The summed E-state index contributed by atoms with van der Waals surface area (Å²) >= 11 is 0. The molecule has 0 saturated carbocycles. The molecule has 2 heteroatoms. The van der Waals surface area contributed by atoms with Crippen molar-refractivity contribution in [2.75, 3.05) is 36.0 Å². The van der Waals surface area contributed by atoms with Crippen LogP contribution in [0, 0.1) is 0 Å². The molecule has 0 heterocycles. The van der Waals surface area contributed by atoms with E-state index in [9.17, 15) is 0 Å². The summed E-state index contributed by atoms with van der Waals surface area (Å²) < 4.78 is 0. The maximum atomic E-state index is 2.49. The van der Waals surface area contributed by atoms with Gasteiger partial charge in [0.15, 0.2) is 0 Å². The zero-order valence-corrected chi connectivity index (χ0v) is 17.2. The SMILES string of the molecule is CCCN(CCC)c1ccc(-c2ccc(N(CCC)CCC)cc2)cc1. The van der Waals surface area contributed by atoms with Gasteiger partial charge >= 0.3 is 0 Å². The Hall–Kier alpha value is -1.96. The van der Waals surface area contributed by atoms with E-state index in [2.05, 4.69) is 86.0 Å². The van der Waals surface area contributed by atoms with Crippen molar-refractivity contribution in [2.45, 2.75) is 53.4 Å². The monoisotopic (exact) mass is 352 g/mol. The van der Waals surface area contributed by atoms with E-state index >= 15 is 0 Å². The fraction of sp³-hybridized carbons (Fsp3) is 0.500. The predicted octanol–water partition coefficient (Wildman–Crippen LogP) is 6.61. The van der Waals surface area contributed by atoms with Crippen molar-refractivity contribution in [3.8, 4) is 11.1 Å². The summed E-state index contributed by atoms with van der Waals surface area (Å²) in [6.07, 6.45) is 4.76. The smallest absolute Gasteiger partial charge is 0.0366 e. The molecule has 0 saturated heterocycles. The van der Waals surface area contributed by atoms with Gasteiger partial charge in [0, 0.05) is 37.6 Å². The fourth-order valence-electron chi connectivity index (χ4n) is 3.55. The predicted molar refractivity (Wildman–Crippen MR) is 117 cm³/mol. The van der Waals surface area contributed by atoms with E-state index in [0.29, 0.717) is 0 Å². The highest BCUT2D eigenvalue weighted by molar-refractivity contribution is 5.68. The number of benzene rings is 2. The van der Waals surface area contributed by atoms with Gasteiger partial charge in [-0.25, -0.2) is 0 Å². The van der Waals surface area contributed by atoms with E-state index in [4.69, 9.17) is 0 Å². The zero-order valence-electron chi connectivity index (χ0n) is 17.2. The highest BCUT2D eigenvalue weighted by atomic mass is 15.1. The lowest BCUT2D eigenvalue weighted by Crippen LogP contribution is -2.24. The number of hydrogen-bond acceptors (Lipinski definition) is 2. The van der Waals surface area contributed by atoms with Crippen LogP contribution >= 0.6 is 0 Å². The summed E-state index contributed by atoms with van der Waals surface area (Å²) in [5, 5.41) is 0. The van der Waals surface area contributed by atoms with E-state index in [1.54, 1.807) is 0 Å². The van der Waals surface area contributed by atoms with Crippen LogP contribution in [0.3, 0.4) is 0 Å². The van der Waals surface area contributed by atoms with Crippen molar-refractivity contribution in [2.24, 2.45) is 0 Å². The molecule has 2 nitrogen and oxygen atoms in total. The van der Waals surface area contributed by atoms with Crippen LogP contribution in [0.5, 0.6) is 0 Å². The maximum Gasteiger partial charge on any atom is 0.0366 e. The first-order valence-corrected chi connectivity index (χ1v) is 10.4. The average Bonchev–Trinajstić information content (AvgIpc) is 2.68. The largest absolute Gasteiger partial charge is 0.372 e. The Bertz CT molecular complexity index is 546. The summed E-state index contributed by atoms with van der Waals surface area (Å²) in [6, 6.07) is 18.1. The lowest BCUT2D eigenvalue weighted by atomic mass is 10.0. The molecule has 0 aliphatic heterocycles. The van der Waals surface area contributed by atoms with Gasteiger partial charge in [-0.3, -0.25) is 0 Å². The molecule has 2 aromatic carbocycles. The Kier molecular flexibility index (Phi) is 8.53. The first-order valence-electron chi connectivity index (χ1n) is 10.4. The molecule has 0 amide bonds. The van der Waals surface area contributed by atoms with Crippen molar-refractivity contribution in [1.29, 1.82) is 0 Å².